The lowest BCUT2D eigenvalue weighted by Gasteiger charge is -2.47. The second-order valence-corrected chi connectivity index (χ2v) is 16.2. The molecule has 11 rings (SSSR count). The van der Waals surface area contributed by atoms with Crippen LogP contribution in [-0.2, 0) is 6.42 Å². The first-order valence-corrected chi connectivity index (χ1v) is 20.2. The van der Waals surface area contributed by atoms with E-state index in [0.717, 1.165) is 34.5 Å². The van der Waals surface area contributed by atoms with Gasteiger partial charge in [-0.3, -0.25) is 4.57 Å². The molecule has 0 saturated carbocycles. The van der Waals surface area contributed by atoms with Crippen molar-refractivity contribution in [3.05, 3.63) is 233 Å². The molecule has 1 aromatic heterocycles. The molecule has 0 saturated heterocycles. The molecule has 3 aliphatic rings. The van der Waals surface area contributed by atoms with E-state index in [-0.39, 0.29) is 11.3 Å². The zero-order valence-electron chi connectivity index (χ0n) is 32.2. The molecule has 3 unspecified atom stereocenters. The number of nitrogens with zero attached hydrogens (tertiary/aromatic N) is 2. The highest BCUT2D eigenvalue weighted by molar-refractivity contribution is 6.03. The summed E-state index contributed by atoms with van der Waals surface area (Å²) in [6.07, 6.45) is 11.1. The van der Waals surface area contributed by atoms with Crippen molar-refractivity contribution in [2.75, 3.05) is 0 Å². The van der Waals surface area contributed by atoms with Gasteiger partial charge in [0.1, 0.15) is 5.82 Å². The zero-order chi connectivity index (χ0) is 38.1. The summed E-state index contributed by atoms with van der Waals surface area (Å²) in [6, 6.07) is 61.9. The molecule has 7 aromatic carbocycles. The lowest BCUT2D eigenvalue weighted by atomic mass is 9.55. The summed E-state index contributed by atoms with van der Waals surface area (Å²) < 4.78 is 2.27. The third kappa shape index (κ3) is 5.35. The summed E-state index contributed by atoms with van der Waals surface area (Å²) in [5.41, 5.74) is 17.4. The number of imidazole rings is 1. The largest absolute Gasteiger partial charge is 0.292 e. The van der Waals surface area contributed by atoms with Crippen molar-refractivity contribution in [3.63, 3.8) is 0 Å². The smallest absolute Gasteiger partial charge is 0.145 e. The van der Waals surface area contributed by atoms with Crippen LogP contribution in [0.5, 0.6) is 0 Å². The summed E-state index contributed by atoms with van der Waals surface area (Å²) in [5, 5.41) is 2.54. The van der Waals surface area contributed by atoms with E-state index >= 15 is 0 Å². The van der Waals surface area contributed by atoms with Crippen molar-refractivity contribution in [1.29, 1.82) is 0 Å². The van der Waals surface area contributed by atoms with Crippen LogP contribution in [0.15, 0.2) is 200 Å². The van der Waals surface area contributed by atoms with Gasteiger partial charge in [-0.25, -0.2) is 4.98 Å². The lowest BCUT2D eigenvalue weighted by Crippen LogP contribution is -2.34. The van der Waals surface area contributed by atoms with E-state index in [2.05, 4.69) is 213 Å². The van der Waals surface area contributed by atoms with Gasteiger partial charge in [0.05, 0.1) is 11.0 Å². The quantitative estimate of drug-likeness (QED) is 0.172. The van der Waals surface area contributed by atoms with E-state index in [4.69, 9.17) is 4.98 Å². The van der Waals surface area contributed by atoms with Gasteiger partial charge in [-0.05, 0) is 109 Å². The number of para-hydroxylation sites is 3. The van der Waals surface area contributed by atoms with E-state index in [1.165, 1.54) is 66.4 Å². The average molecular weight is 731 g/mol. The topological polar surface area (TPSA) is 17.8 Å². The second-order valence-electron chi connectivity index (χ2n) is 16.2. The summed E-state index contributed by atoms with van der Waals surface area (Å²) >= 11 is 0. The molecule has 0 N–H and O–H groups in total. The SMILES string of the molecule is CC1C=C(C2c3ccccc3C(c3cccc4ccccc34)=C3C=C(c4ccc(-c5nc6ccccc6n5-c5ccccc5)cc4)C=CC32C)c2ccccc2C1. The Morgan fingerprint density at radius 3 is 2.19 bits per heavy atom. The fourth-order valence-corrected chi connectivity index (χ4v) is 10.1. The standard InChI is InChI=1S/C55H42N2/c1-36-33-41-16-7-9-21-44(41)48(34-36)53-47-23-11-10-22-46(47)52(45-24-14-17-38-15-6-8-20-43(38)45)49-35-40(31-32-55(49,53)2)37-27-29-39(30-28-37)54-56-50-25-12-13-26-51(50)57(54)42-18-4-3-5-19-42/h3-32,34-36,53H,33H2,1-2H3. The van der Waals surface area contributed by atoms with E-state index in [0.29, 0.717) is 5.92 Å². The molecule has 2 heteroatoms. The minimum absolute atomic E-state index is 0.147. The van der Waals surface area contributed by atoms with Gasteiger partial charge in [0.15, 0.2) is 0 Å². The van der Waals surface area contributed by atoms with Crippen LogP contribution in [0, 0.1) is 11.3 Å². The molecular formula is C55H42N2. The number of aromatic nitrogens is 2. The van der Waals surface area contributed by atoms with Crippen LogP contribution >= 0.6 is 0 Å². The van der Waals surface area contributed by atoms with Crippen molar-refractivity contribution >= 4 is 38.5 Å². The average Bonchev–Trinajstić information content (AvgIpc) is 3.65. The summed E-state index contributed by atoms with van der Waals surface area (Å²) in [6.45, 7) is 4.86. The summed E-state index contributed by atoms with van der Waals surface area (Å²) in [5.74, 6) is 1.55. The van der Waals surface area contributed by atoms with Crippen molar-refractivity contribution in [2.24, 2.45) is 11.3 Å². The van der Waals surface area contributed by atoms with Crippen molar-refractivity contribution in [3.8, 4) is 17.1 Å². The van der Waals surface area contributed by atoms with Crippen LogP contribution in [0.1, 0.15) is 53.1 Å². The van der Waals surface area contributed by atoms with Gasteiger partial charge in [-0.15, -0.1) is 0 Å². The second kappa shape index (κ2) is 13.2. The van der Waals surface area contributed by atoms with Gasteiger partial charge in [0, 0.05) is 22.6 Å². The highest BCUT2D eigenvalue weighted by Gasteiger charge is 2.46. The highest BCUT2D eigenvalue weighted by Crippen LogP contribution is 2.61. The maximum Gasteiger partial charge on any atom is 0.145 e. The molecule has 3 atom stereocenters. The summed E-state index contributed by atoms with van der Waals surface area (Å²) in [7, 11) is 0. The molecule has 2 nitrogen and oxygen atoms in total. The number of hydrogen-bond acceptors (Lipinski definition) is 1. The van der Waals surface area contributed by atoms with Crippen LogP contribution < -0.4 is 0 Å². The van der Waals surface area contributed by atoms with Gasteiger partial charge < -0.3 is 0 Å². The predicted octanol–water partition coefficient (Wildman–Crippen LogP) is 13.7. The van der Waals surface area contributed by atoms with Crippen molar-refractivity contribution < 1.29 is 0 Å². The highest BCUT2D eigenvalue weighted by atomic mass is 15.1. The Hall–Kier alpha value is -6.77. The minimum atomic E-state index is -0.305. The van der Waals surface area contributed by atoms with E-state index in [1.54, 1.807) is 0 Å². The third-order valence-corrected chi connectivity index (χ3v) is 12.7. The van der Waals surface area contributed by atoms with E-state index < -0.39 is 0 Å². The van der Waals surface area contributed by atoms with Gasteiger partial charge >= 0.3 is 0 Å². The lowest BCUT2D eigenvalue weighted by molar-refractivity contribution is 0.466. The molecule has 57 heavy (non-hydrogen) atoms. The van der Waals surface area contributed by atoms with Crippen molar-refractivity contribution in [2.45, 2.75) is 26.2 Å². The monoisotopic (exact) mass is 730 g/mol. The number of rotatable bonds is 5. The molecule has 272 valence electrons. The molecule has 8 aromatic rings. The number of hydrogen-bond donors (Lipinski definition) is 0. The van der Waals surface area contributed by atoms with Crippen LogP contribution in [0.3, 0.4) is 0 Å². The predicted molar refractivity (Wildman–Crippen MR) is 238 cm³/mol. The maximum atomic E-state index is 5.15. The first kappa shape index (κ1) is 33.6. The molecule has 3 aliphatic carbocycles. The molecule has 0 radical (unpaired) electrons. The Bertz CT molecular complexity index is 3000. The van der Waals surface area contributed by atoms with Crippen molar-refractivity contribution in [1.82, 2.24) is 9.55 Å². The molecule has 1 heterocycles. The van der Waals surface area contributed by atoms with Crippen LogP contribution in [0.2, 0.25) is 0 Å². The van der Waals surface area contributed by atoms with E-state index in [9.17, 15) is 0 Å². The molecule has 0 bridgehead atoms. The third-order valence-electron chi connectivity index (χ3n) is 12.7. The molecular weight excluding hydrogens is 689 g/mol. The first-order chi connectivity index (χ1) is 28.0. The van der Waals surface area contributed by atoms with Crippen LogP contribution in [0.4, 0.5) is 0 Å². The Morgan fingerprint density at radius 2 is 1.32 bits per heavy atom. The Labute approximate surface area is 334 Å². The Morgan fingerprint density at radius 1 is 0.632 bits per heavy atom. The number of benzene rings is 7. The number of allylic oxidation sites excluding steroid dienone is 7. The van der Waals surface area contributed by atoms with Gasteiger partial charge in [-0.1, -0.05) is 178 Å². The van der Waals surface area contributed by atoms with E-state index in [1.807, 2.05) is 0 Å². The fourth-order valence-electron chi connectivity index (χ4n) is 10.1. The van der Waals surface area contributed by atoms with Crippen LogP contribution in [0.25, 0.3) is 55.6 Å². The zero-order valence-corrected chi connectivity index (χ0v) is 32.2. The maximum absolute atomic E-state index is 5.15. The first-order valence-electron chi connectivity index (χ1n) is 20.2. The Balaban J connectivity index is 1.11. The number of fused-ring (bicyclic) bond motifs is 5. The Kier molecular flexibility index (Phi) is 7.76. The van der Waals surface area contributed by atoms with Crippen LogP contribution in [-0.4, -0.2) is 9.55 Å². The molecule has 0 aliphatic heterocycles. The molecule has 0 amide bonds. The van der Waals surface area contributed by atoms with Gasteiger partial charge in [0.25, 0.3) is 0 Å². The van der Waals surface area contributed by atoms with Gasteiger partial charge in [0.2, 0.25) is 0 Å². The minimum Gasteiger partial charge on any atom is -0.292 e. The van der Waals surface area contributed by atoms with Gasteiger partial charge in [-0.2, -0.15) is 0 Å². The molecule has 0 spiro atoms. The summed E-state index contributed by atoms with van der Waals surface area (Å²) in [4.78, 5) is 5.15. The normalized spacial score (nSPS) is 19.8. The fraction of sp³-hybridized carbons (Fsp3) is 0.109. The molecule has 0 fully saturated rings.